The van der Waals surface area contributed by atoms with Crippen LogP contribution in [0.15, 0.2) is 0 Å². The zero-order chi connectivity index (χ0) is 13.5. The lowest BCUT2D eigenvalue weighted by Gasteiger charge is -2.34. The van der Waals surface area contributed by atoms with Gasteiger partial charge in [0.2, 0.25) is 5.91 Å². The normalized spacial score (nSPS) is 20.8. The lowest BCUT2D eigenvalue weighted by Crippen LogP contribution is -2.50. The molecular formula is C13H26N2O3. The third-order valence-electron chi connectivity index (χ3n) is 3.74. The highest BCUT2D eigenvalue weighted by Crippen LogP contribution is 2.16. The van der Waals surface area contributed by atoms with Crippen LogP contribution in [0.2, 0.25) is 0 Å². The zero-order valence-electron chi connectivity index (χ0n) is 11.5. The molecule has 18 heavy (non-hydrogen) atoms. The van der Waals surface area contributed by atoms with E-state index < -0.39 is 0 Å². The lowest BCUT2D eigenvalue weighted by molar-refractivity contribution is -0.136. The highest BCUT2D eigenvalue weighted by molar-refractivity contribution is 5.82. The van der Waals surface area contributed by atoms with Crippen molar-refractivity contribution in [2.24, 2.45) is 11.7 Å². The Morgan fingerprint density at radius 3 is 2.61 bits per heavy atom. The molecule has 3 N–H and O–H groups in total. The Morgan fingerprint density at radius 1 is 1.50 bits per heavy atom. The summed E-state index contributed by atoms with van der Waals surface area (Å²) in [5.74, 6) is 0.283. The number of amides is 1. The first-order valence-electron chi connectivity index (χ1n) is 6.87. The van der Waals surface area contributed by atoms with Crippen LogP contribution in [0.1, 0.15) is 33.1 Å². The molecule has 1 heterocycles. The summed E-state index contributed by atoms with van der Waals surface area (Å²) in [7, 11) is 0. The van der Waals surface area contributed by atoms with Gasteiger partial charge in [0.15, 0.2) is 0 Å². The van der Waals surface area contributed by atoms with Gasteiger partial charge in [0.1, 0.15) is 0 Å². The number of carbonyl (C=O) groups is 1. The van der Waals surface area contributed by atoms with Gasteiger partial charge < -0.3 is 20.5 Å². The Kier molecular flexibility index (Phi) is 6.60. The van der Waals surface area contributed by atoms with E-state index in [0.29, 0.717) is 19.7 Å². The molecule has 0 aliphatic carbocycles. The number of likely N-dealkylation sites (tertiary alicyclic amines) is 1. The van der Waals surface area contributed by atoms with Crippen molar-refractivity contribution in [1.82, 2.24) is 4.90 Å². The summed E-state index contributed by atoms with van der Waals surface area (Å²) in [6.07, 6.45) is 2.75. The van der Waals surface area contributed by atoms with Gasteiger partial charge >= 0.3 is 0 Å². The molecule has 5 heteroatoms. The summed E-state index contributed by atoms with van der Waals surface area (Å²) in [6.45, 7) is 5.91. The largest absolute Gasteiger partial charge is 0.394 e. The highest BCUT2D eigenvalue weighted by atomic mass is 16.5. The SMILES string of the molecule is CCC(C)C(N)C(=O)N1CCC(OCCO)CC1. The van der Waals surface area contributed by atoms with Crippen molar-refractivity contribution < 1.29 is 14.6 Å². The number of nitrogens with zero attached hydrogens (tertiary/aromatic N) is 1. The number of nitrogens with two attached hydrogens (primary N) is 1. The van der Waals surface area contributed by atoms with Gasteiger partial charge in [-0.25, -0.2) is 0 Å². The maximum atomic E-state index is 12.1. The Bertz CT molecular complexity index is 253. The fourth-order valence-corrected chi connectivity index (χ4v) is 2.17. The molecular weight excluding hydrogens is 232 g/mol. The number of hydrogen-bond acceptors (Lipinski definition) is 4. The molecule has 2 atom stereocenters. The Morgan fingerprint density at radius 2 is 2.11 bits per heavy atom. The summed E-state index contributed by atoms with van der Waals surface area (Å²) >= 11 is 0. The molecule has 1 fully saturated rings. The summed E-state index contributed by atoms with van der Waals surface area (Å²) < 4.78 is 5.47. The molecule has 1 aliphatic rings. The van der Waals surface area contributed by atoms with Gasteiger partial charge in [-0.05, 0) is 18.8 Å². The molecule has 0 radical (unpaired) electrons. The van der Waals surface area contributed by atoms with E-state index in [-0.39, 0.29) is 30.6 Å². The molecule has 0 spiro atoms. The zero-order valence-corrected chi connectivity index (χ0v) is 11.5. The van der Waals surface area contributed by atoms with Gasteiger partial charge in [-0.1, -0.05) is 20.3 Å². The molecule has 1 aliphatic heterocycles. The van der Waals surface area contributed by atoms with Gasteiger partial charge in [-0.2, -0.15) is 0 Å². The van der Waals surface area contributed by atoms with Crippen molar-refractivity contribution >= 4 is 5.91 Å². The van der Waals surface area contributed by atoms with Crippen LogP contribution >= 0.6 is 0 Å². The third-order valence-corrected chi connectivity index (χ3v) is 3.74. The summed E-state index contributed by atoms with van der Waals surface area (Å²) in [5, 5.41) is 8.69. The molecule has 0 aromatic carbocycles. The molecule has 5 nitrogen and oxygen atoms in total. The quantitative estimate of drug-likeness (QED) is 0.721. The average Bonchev–Trinajstić information content (AvgIpc) is 2.43. The number of hydrogen-bond donors (Lipinski definition) is 2. The van der Waals surface area contributed by atoms with Crippen molar-refractivity contribution in [1.29, 1.82) is 0 Å². The maximum Gasteiger partial charge on any atom is 0.239 e. The third kappa shape index (κ3) is 4.23. The fraction of sp³-hybridized carbons (Fsp3) is 0.923. The lowest BCUT2D eigenvalue weighted by atomic mass is 9.97. The molecule has 2 unspecified atom stereocenters. The van der Waals surface area contributed by atoms with Crippen molar-refractivity contribution in [3.8, 4) is 0 Å². The van der Waals surface area contributed by atoms with Gasteiger partial charge in [-0.3, -0.25) is 4.79 Å². The Hall–Kier alpha value is -0.650. The monoisotopic (exact) mass is 258 g/mol. The summed E-state index contributed by atoms with van der Waals surface area (Å²) in [4.78, 5) is 14.0. The highest BCUT2D eigenvalue weighted by Gasteiger charge is 2.28. The van der Waals surface area contributed by atoms with E-state index in [1.165, 1.54) is 0 Å². The number of carbonyl (C=O) groups excluding carboxylic acids is 1. The first-order chi connectivity index (χ1) is 8.60. The molecule has 106 valence electrons. The first-order valence-corrected chi connectivity index (χ1v) is 6.87. The van der Waals surface area contributed by atoms with Crippen LogP contribution in [-0.2, 0) is 9.53 Å². The van der Waals surface area contributed by atoms with E-state index in [4.69, 9.17) is 15.6 Å². The molecule has 0 bridgehead atoms. The van der Waals surface area contributed by atoms with Gasteiger partial charge in [0, 0.05) is 13.1 Å². The van der Waals surface area contributed by atoms with Crippen LogP contribution in [-0.4, -0.2) is 54.4 Å². The van der Waals surface area contributed by atoms with Crippen molar-refractivity contribution in [3.63, 3.8) is 0 Å². The number of aliphatic hydroxyl groups is 1. The second-order valence-corrected chi connectivity index (χ2v) is 5.03. The number of piperidine rings is 1. The van der Waals surface area contributed by atoms with E-state index >= 15 is 0 Å². The molecule has 1 amide bonds. The van der Waals surface area contributed by atoms with E-state index in [1.54, 1.807) is 0 Å². The minimum absolute atomic E-state index is 0.0536. The van der Waals surface area contributed by atoms with Gasteiger partial charge in [0.25, 0.3) is 0 Å². The standard InChI is InChI=1S/C13H26N2O3/c1-3-10(2)12(14)13(17)15-6-4-11(5-7-15)18-9-8-16/h10-12,16H,3-9,14H2,1-2H3. The Balaban J connectivity index is 2.35. The van der Waals surface area contributed by atoms with Gasteiger partial charge in [-0.15, -0.1) is 0 Å². The van der Waals surface area contributed by atoms with E-state index in [9.17, 15) is 4.79 Å². The molecule has 1 saturated heterocycles. The average molecular weight is 258 g/mol. The first kappa shape index (κ1) is 15.4. The number of rotatable bonds is 6. The van der Waals surface area contributed by atoms with E-state index in [2.05, 4.69) is 0 Å². The Labute approximate surface area is 109 Å². The number of ether oxygens (including phenoxy) is 1. The van der Waals surface area contributed by atoms with Crippen LogP contribution < -0.4 is 5.73 Å². The van der Waals surface area contributed by atoms with Gasteiger partial charge in [0.05, 0.1) is 25.4 Å². The molecule has 0 aromatic heterocycles. The van der Waals surface area contributed by atoms with Crippen molar-refractivity contribution in [3.05, 3.63) is 0 Å². The van der Waals surface area contributed by atoms with Crippen LogP contribution in [0.4, 0.5) is 0 Å². The van der Waals surface area contributed by atoms with Crippen LogP contribution in [0.25, 0.3) is 0 Å². The summed E-state index contributed by atoms with van der Waals surface area (Å²) in [6, 6.07) is -0.384. The fourth-order valence-electron chi connectivity index (χ4n) is 2.17. The number of aliphatic hydroxyl groups excluding tert-OH is 1. The molecule has 0 saturated carbocycles. The molecule has 0 aromatic rings. The second-order valence-electron chi connectivity index (χ2n) is 5.03. The second kappa shape index (κ2) is 7.71. The smallest absolute Gasteiger partial charge is 0.239 e. The predicted octanol–water partition coefficient (Wildman–Crippen LogP) is 0.360. The molecule has 1 rings (SSSR count). The van der Waals surface area contributed by atoms with Crippen LogP contribution in [0.5, 0.6) is 0 Å². The van der Waals surface area contributed by atoms with Crippen molar-refractivity contribution in [2.75, 3.05) is 26.3 Å². The summed E-state index contributed by atoms with van der Waals surface area (Å²) in [5.41, 5.74) is 5.96. The topological polar surface area (TPSA) is 75.8 Å². The van der Waals surface area contributed by atoms with Crippen LogP contribution in [0.3, 0.4) is 0 Å². The minimum Gasteiger partial charge on any atom is -0.394 e. The van der Waals surface area contributed by atoms with Crippen molar-refractivity contribution in [2.45, 2.75) is 45.3 Å². The van der Waals surface area contributed by atoms with E-state index in [1.807, 2.05) is 18.7 Å². The predicted molar refractivity (Wildman–Crippen MR) is 70.1 cm³/mol. The van der Waals surface area contributed by atoms with Crippen LogP contribution in [0, 0.1) is 5.92 Å². The van der Waals surface area contributed by atoms with E-state index in [0.717, 1.165) is 19.3 Å². The maximum absolute atomic E-state index is 12.1. The minimum atomic E-state index is -0.384.